The van der Waals surface area contributed by atoms with Crippen LogP contribution in [0.25, 0.3) is 6.08 Å². The molecule has 25 heavy (non-hydrogen) atoms. The second-order valence-corrected chi connectivity index (χ2v) is 6.39. The molecule has 4 nitrogen and oxygen atoms in total. The van der Waals surface area contributed by atoms with Gasteiger partial charge in [0.2, 0.25) is 0 Å². The summed E-state index contributed by atoms with van der Waals surface area (Å²) in [5.74, 6) is 1.56. The molecule has 0 aromatic heterocycles. The molecule has 0 saturated heterocycles. The topological polar surface area (TPSA) is 44.8 Å². The molecule has 2 aromatic carbocycles. The molecular weight excluding hydrogens is 343 g/mol. The fourth-order valence-electron chi connectivity index (χ4n) is 2.66. The number of methoxy groups -OCH3 is 3. The maximum absolute atomic E-state index is 13.5. The summed E-state index contributed by atoms with van der Waals surface area (Å²) in [5, 5.41) is 0. The van der Waals surface area contributed by atoms with Crippen molar-refractivity contribution in [2.45, 2.75) is 4.90 Å². The largest absolute Gasteiger partial charge is 0.496 e. The zero-order valence-electron chi connectivity index (χ0n) is 14.1. The highest BCUT2D eigenvalue weighted by Crippen LogP contribution is 2.38. The van der Waals surface area contributed by atoms with Gasteiger partial charge in [-0.25, -0.2) is 4.39 Å². The molecular formula is C19H17FO4S. The molecule has 0 unspecified atom stereocenters. The van der Waals surface area contributed by atoms with E-state index in [2.05, 4.69) is 0 Å². The highest BCUT2D eigenvalue weighted by atomic mass is 32.2. The van der Waals surface area contributed by atoms with E-state index in [1.807, 2.05) is 0 Å². The Morgan fingerprint density at radius 2 is 1.68 bits per heavy atom. The van der Waals surface area contributed by atoms with E-state index in [4.69, 9.17) is 14.2 Å². The molecule has 0 fully saturated rings. The van der Waals surface area contributed by atoms with E-state index in [0.717, 1.165) is 4.90 Å². The standard InChI is InChI=1S/C19H17FO4S/c1-22-15-9-17(24-3)16(23-2)7-11(15)6-12-10-25-18-5-4-13(20)8-14(18)19(12)21/h4-9H,10H2,1-3H3. The molecule has 0 saturated carbocycles. The Hall–Kier alpha value is -2.47. The number of thioether (sulfide) groups is 1. The van der Waals surface area contributed by atoms with E-state index >= 15 is 0 Å². The summed E-state index contributed by atoms with van der Waals surface area (Å²) in [6.45, 7) is 0. The minimum atomic E-state index is -0.419. The number of carbonyl (C=O) groups is 1. The lowest BCUT2D eigenvalue weighted by molar-refractivity contribution is 0.103. The zero-order valence-corrected chi connectivity index (χ0v) is 14.9. The van der Waals surface area contributed by atoms with Gasteiger partial charge in [-0.3, -0.25) is 4.79 Å². The first-order chi connectivity index (χ1) is 12.1. The monoisotopic (exact) mass is 360 g/mol. The van der Waals surface area contributed by atoms with Crippen molar-refractivity contribution < 1.29 is 23.4 Å². The van der Waals surface area contributed by atoms with Gasteiger partial charge in [0.05, 0.1) is 21.3 Å². The van der Waals surface area contributed by atoms with Crippen LogP contribution < -0.4 is 14.2 Å². The first kappa shape index (κ1) is 17.4. The number of hydrogen-bond acceptors (Lipinski definition) is 5. The molecule has 0 aliphatic carbocycles. The minimum absolute atomic E-state index is 0.176. The van der Waals surface area contributed by atoms with Crippen LogP contribution in [0.4, 0.5) is 4.39 Å². The Morgan fingerprint density at radius 1 is 1.00 bits per heavy atom. The quantitative estimate of drug-likeness (QED) is 0.764. The van der Waals surface area contributed by atoms with Gasteiger partial charge in [0, 0.05) is 33.4 Å². The van der Waals surface area contributed by atoms with Crippen LogP contribution in [0, 0.1) is 5.82 Å². The smallest absolute Gasteiger partial charge is 0.191 e. The van der Waals surface area contributed by atoms with Gasteiger partial charge in [0.1, 0.15) is 11.6 Å². The molecule has 1 aliphatic rings. The fraction of sp³-hybridized carbons (Fsp3) is 0.211. The SMILES string of the molecule is COc1cc(OC)c(OC)cc1C=C1CSc2ccc(F)cc2C1=O. The van der Waals surface area contributed by atoms with Gasteiger partial charge in [0.25, 0.3) is 0 Å². The van der Waals surface area contributed by atoms with Crippen LogP contribution in [0.3, 0.4) is 0 Å². The summed E-state index contributed by atoms with van der Waals surface area (Å²) in [4.78, 5) is 13.5. The maximum atomic E-state index is 13.5. The molecule has 0 bridgehead atoms. The molecule has 3 rings (SSSR count). The van der Waals surface area contributed by atoms with Crippen molar-refractivity contribution in [3.8, 4) is 17.2 Å². The summed E-state index contributed by atoms with van der Waals surface area (Å²) in [5.41, 5.74) is 1.67. The number of hydrogen-bond donors (Lipinski definition) is 0. The van der Waals surface area contributed by atoms with Crippen molar-refractivity contribution in [3.63, 3.8) is 0 Å². The van der Waals surface area contributed by atoms with Crippen LogP contribution in [0.15, 0.2) is 40.8 Å². The lowest BCUT2D eigenvalue weighted by Crippen LogP contribution is -2.12. The van der Waals surface area contributed by atoms with Gasteiger partial charge in [-0.15, -0.1) is 11.8 Å². The average Bonchev–Trinajstić information content (AvgIpc) is 2.63. The van der Waals surface area contributed by atoms with E-state index in [1.165, 1.54) is 23.9 Å². The van der Waals surface area contributed by atoms with Gasteiger partial charge in [-0.2, -0.15) is 0 Å². The number of Topliss-reactive ketones (excluding diaryl/α,β-unsaturated/α-hetero) is 1. The van der Waals surface area contributed by atoms with E-state index < -0.39 is 5.82 Å². The third-order valence-electron chi connectivity index (χ3n) is 3.93. The first-order valence-corrected chi connectivity index (χ1v) is 8.53. The number of benzene rings is 2. The number of rotatable bonds is 4. The lowest BCUT2D eigenvalue weighted by Gasteiger charge is -2.18. The van der Waals surface area contributed by atoms with Crippen molar-refractivity contribution in [2.24, 2.45) is 0 Å². The Balaban J connectivity index is 2.05. The normalized spacial score (nSPS) is 15.0. The van der Waals surface area contributed by atoms with Gasteiger partial charge in [-0.1, -0.05) is 0 Å². The van der Waals surface area contributed by atoms with E-state index in [9.17, 15) is 9.18 Å². The van der Waals surface area contributed by atoms with Gasteiger partial charge in [0.15, 0.2) is 17.3 Å². The van der Waals surface area contributed by atoms with Crippen molar-refractivity contribution >= 4 is 23.6 Å². The molecule has 6 heteroatoms. The number of ether oxygens (including phenoxy) is 3. The van der Waals surface area contributed by atoms with Gasteiger partial charge in [-0.05, 0) is 30.3 Å². The van der Waals surface area contributed by atoms with Crippen molar-refractivity contribution in [1.82, 2.24) is 0 Å². The Kier molecular flexibility index (Phi) is 4.99. The zero-order chi connectivity index (χ0) is 18.0. The second kappa shape index (κ2) is 7.19. The molecule has 0 atom stereocenters. The van der Waals surface area contributed by atoms with Crippen LogP contribution in [-0.2, 0) is 0 Å². The summed E-state index contributed by atoms with van der Waals surface area (Å²) in [7, 11) is 4.63. The number of fused-ring (bicyclic) bond motifs is 1. The number of halogens is 1. The second-order valence-electron chi connectivity index (χ2n) is 5.38. The third-order valence-corrected chi connectivity index (χ3v) is 5.05. The Morgan fingerprint density at radius 3 is 2.36 bits per heavy atom. The van der Waals surface area contributed by atoms with Gasteiger partial charge < -0.3 is 14.2 Å². The molecule has 2 aromatic rings. The third kappa shape index (κ3) is 3.35. The predicted octanol–water partition coefficient (Wildman–Crippen LogP) is 4.22. The molecule has 1 heterocycles. The number of ketones is 1. The van der Waals surface area contributed by atoms with Crippen molar-refractivity contribution in [1.29, 1.82) is 0 Å². The Bertz CT molecular complexity index is 861. The van der Waals surface area contributed by atoms with Crippen LogP contribution in [0.1, 0.15) is 15.9 Å². The first-order valence-electron chi connectivity index (χ1n) is 7.55. The van der Waals surface area contributed by atoms with E-state index in [0.29, 0.717) is 39.7 Å². The summed E-state index contributed by atoms with van der Waals surface area (Å²) in [6.07, 6.45) is 1.75. The molecule has 0 amide bonds. The average molecular weight is 360 g/mol. The van der Waals surface area contributed by atoms with E-state index in [1.54, 1.807) is 45.6 Å². The minimum Gasteiger partial charge on any atom is -0.496 e. The fourth-order valence-corrected chi connectivity index (χ4v) is 3.66. The molecule has 0 spiro atoms. The maximum Gasteiger partial charge on any atom is 0.191 e. The van der Waals surface area contributed by atoms with Crippen LogP contribution in [0.2, 0.25) is 0 Å². The summed E-state index contributed by atoms with van der Waals surface area (Å²) >= 11 is 1.51. The van der Waals surface area contributed by atoms with Crippen molar-refractivity contribution in [2.75, 3.05) is 27.1 Å². The summed E-state index contributed by atoms with van der Waals surface area (Å²) in [6, 6.07) is 7.75. The number of carbonyl (C=O) groups excluding carboxylic acids is 1. The van der Waals surface area contributed by atoms with Crippen LogP contribution in [-0.4, -0.2) is 32.9 Å². The highest BCUT2D eigenvalue weighted by molar-refractivity contribution is 7.99. The van der Waals surface area contributed by atoms with E-state index in [-0.39, 0.29) is 5.78 Å². The van der Waals surface area contributed by atoms with Crippen LogP contribution in [0.5, 0.6) is 17.2 Å². The summed E-state index contributed by atoms with van der Waals surface area (Å²) < 4.78 is 29.5. The molecule has 130 valence electrons. The molecule has 0 N–H and O–H groups in total. The lowest BCUT2D eigenvalue weighted by atomic mass is 10.0. The van der Waals surface area contributed by atoms with Gasteiger partial charge >= 0.3 is 0 Å². The Labute approximate surface area is 149 Å². The molecule has 0 radical (unpaired) electrons. The predicted molar refractivity (Wildman–Crippen MR) is 95.5 cm³/mol. The molecule has 1 aliphatic heterocycles. The van der Waals surface area contributed by atoms with Crippen LogP contribution >= 0.6 is 11.8 Å². The highest BCUT2D eigenvalue weighted by Gasteiger charge is 2.23. The van der Waals surface area contributed by atoms with Crippen molar-refractivity contribution in [3.05, 3.63) is 52.8 Å².